The molecule has 0 aliphatic heterocycles. The van der Waals surface area contributed by atoms with E-state index in [9.17, 15) is 18.0 Å². The van der Waals surface area contributed by atoms with Gasteiger partial charge in [0.15, 0.2) is 0 Å². The number of nitrogens with zero attached hydrogens (tertiary/aromatic N) is 2. The number of alkyl halides is 3. The molecule has 2 aromatic rings. The number of amides is 1. The van der Waals surface area contributed by atoms with Crippen molar-refractivity contribution in [3.05, 3.63) is 22.0 Å². The second-order valence-corrected chi connectivity index (χ2v) is 9.18. The molecule has 2 saturated carbocycles. The van der Waals surface area contributed by atoms with Gasteiger partial charge in [-0.05, 0) is 43.7 Å². The highest BCUT2D eigenvalue weighted by Crippen LogP contribution is 2.60. The summed E-state index contributed by atoms with van der Waals surface area (Å²) in [6.45, 7) is 0. The number of rotatable bonds is 5. The summed E-state index contributed by atoms with van der Waals surface area (Å²) >= 11 is 7.45. The van der Waals surface area contributed by atoms with Crippen LogP contribution in [0.3, 0.4) is 0 Å². The molecule has 0 bridgehead atoms. The average Bonchev–Trinajstić information content (AvgIpc) is 3.10. The summed E-state index contributed by atoms with van der Waals surface area (Å²) < 4.78 is 41.7. The Morgan fingerprint density at radius 3 is 2.59 bits per heavy atom. The summed E-state index contributed by atoms with van der Waals surface area (Å²) in [5.74, 6) is 0.147. The Kier molecular flexibility index (Phi) is 4.54. The molecule has 4 rings (SSSR count). The van der Waals surface area contributed by atoms with Crippen LogP contribution in [0.25, 0.3) is 10.6 Å². The first-order chi connectivity index (χ1) is 12.7. The second-order valence-electron chi connectivity index (χ2n) is 7.47. The fourth-order valence-corrected chi connectivity index (χ4v) is 4.63. The summed E-state index contributed by atoms with van der Waals surface area (Å²) in [6, 6.07) is 3.67. The molecule has 2 aliphatic carbocycles. The molecule has 27 heavy (non-hydrogen) atoms. The third kappa shape index (κ3) is 3.38. The summed E-state index contributed by atoms with van der Waals surface area (Å²) in [5, 5.41) is 7.27. The lowest BCUT2D eigenvalue weighted by molar-refractivity contribution is -0.189. The first-order valence-electron chi connectivity index (χ1n) is 8.89. The van der Waals surface area contributed by atoms with Gasteiger partial charge in [-0.1, -0.05) is 18.0 Å². The zero-order valence-corrected chi connectivity index (χ0v) is 16.3. The van der Waals surface area contributed by atoms with Crippen LogP contribution in [0.4, 0.5) is 19.0 Å². The van der Waals surface area contributed by atoms with Crippen LogP contribution in [0, 0.1) is 5.41 Å². The van der Waals surface area contributed by atoms with Crippen LogP contribution in [0.1, 0.15) is 50.0 Å². The molecule has 0 saturated heterocycles. The van der Waals surface area contributed by atoms with Gasteiger partial charge in [-0.3, -0.25) is 9.48 Å². The number of carbonyl (C=O) groups is 1. The molecule has 0 unspecified atom stereocenters. The van der Waals surface area contributed by atoms with Crippen LogP contribution < -0.4 is 5.32 Å². The lowest BCUT2D eigenvalue weighted by Gasteiger charge is -2.27. The van der Waals surface area contributed by atoms with Crippen molar-refractivity contribution >= 4 is 34.7 Å². The third-order valence-electron chi connectivity index (χ3n) is 5.62. The second kappa shape index (κ2) is 6.51. The van der Waals surface area contributed by atoms with Crippen molar-refractivity contribution in [3.8, 4) is 10.6 Å². The third-order valence-corrected chi connectivity index (χ3v) is 6.85. The fraction of sp³-hybridized carbons (Fsp3) is 0.556. The molecule has 0 radical (unpaired) electrons. The van der Waals surface area contributed by atoms with Crippen molar-refractivity contribution in [2.24, 2.45) is 12.5 Å². The zero-order valence-electron chi connectivity index (χ0n) is 14.7. The van der Waals surface area contributed by atoms with Crippen molar-refractivity contribution in [2.75, 3.05) is 5.32 Å². The largest absolute Gasteiger partial charge is 0.395 e. The van der Waals surface area contributed by atoms with Gasteiger partial charge >= 0.3 is 6.18 Å². The van der Waals surface area contributed by atoms with Crippen LogP contribution in [-0.4, -0.2) is 21.9 Å². The van der Waals surface area contributed by atoms with Crippen LogP contribution in [0.2, 0.25) is 4.34 Å². The van der Waals surface area contributed by atoms with E-state index in [1.54, 1.807) is 17.8 Å². The monoisotopic (exact) mass is 417 g/mol. The number of hydrogen-bond donors (Lipinski definition) is 1. The van der Waals surface area contributed by atoms with Gasteiger partial charge in [-0.15, -0.1) is 11.3 Å². The van der Waals surface area contributed by atoms with E-state index in [0.29, 0.717) is 10.2 Å². The van der Waals surface area contributed by atoms with Crippen molar-refractivity contribution in [2.45, 2.75) is 50.6 Å². The SMILES string of the molecule is Cn1nc(-c2ccc(Cl)s2)c(C2CCC2)c1NC(=O)CC1(C(F)(F)F)CC1. The number of carbonyl (C=O) groups excluding carboxylic acids is 1. The molecule has 2 heterocycles. The van der Waals surface area contributed by atoms with Gasteiger partial charge < -0.3 is 5.32 Å². The number of aromatic nitrogens is 2. The van der Waals surface area contributed by atoms with E-state index in [1.807, 2.05) is 6.07 Å². The standard InChI is InChI=1S/C18H19ClF3N3OS/c1-25-16(23-13(26)9-17(7-8-17)18(20,21)22)14(10-3-2-4-10)15(24-25)11-5-6-12(19)27-11/h5-6,10H,2-4,7-9H2,1H3,(H,23,26). The van der Waals surface area contributed by atoms with Crippen molar-refractivity contribution in [1.82, 2.24) is 9.78 Å². The molecule has 2 aromatic heterocycles. The first kappa shape index (κ1) is 18.8. The van der Waals surface area contributed by atoms with Gasteiger partial charge in [0.25, 0.3) is 0 Å². The molecule has 0 aromatic carbocycles. The van der Waals surface area contributed by atoms with Gasteiger partial charge in [0.05, 0.1) is 14.6 Å². The molecule has 2 aliphatic rings. The minimum atomic E-state index is -4.34. The summed E-state index contributed by atoms with van der Waals surface area (Å²) in [7, 11) is 1.70. The van der Waals surface area contributed by atoms with E-state index < -0.39 is 23.9 Å². The molecular weight excluding hydrogens is 399 g/mol. The highest BCUT2D eigenvalue weighted by Gasteiger charge is 2.63. The number of anilines is 1. The van der Waals surface area contributed by atoms with Gasteiger partial charge in [-0.25, -0.2) is 0 Å². The van der Waals surface area contributed by atoms with E-state index >= 15 is 0 Å². The Labute approximate surface area is 163 Å². The van der Waals surface area contributed by atoms with Gasteiger partial charge in [-0.2, -0.15) is 18.3 Å². The number of halogens is 4. The number of aryl methyl sites for hydroxylation is 1. The highest BCUT2D eigenvalue weighted by atomic mass is 35.5. The summed E-state index contributed by atoms with van der Waals surface area (Å²) in [5.41, 5.74) is -0.185. The molecular formula is C18H19ClF3N3OS. The minimum Gasteiger partial charge on any atom is -0.311 e. The van der Waals surface area contributed by atoms with Gasteiger partial charge in [0.1, 0.15) is 11.5 Å². The molecule has 1 amide bonds. The molecule has 9 heteroatoms. The topological polar surface area (TPSA) is 46.9 Å². The molecule has 0 spiro atoms. The fourth-order valence-electron chi connectivity index (χ4n) is 3.59. The van der Waals surface area contributed by atoms with Crippen LogP contribution in [0.15, 0.2) is 12.1 Å². The number of thiophene rings is 1. The lowest BCUT2D eigenvalue weighted by atomic mass is 9.79. The molecule has 146 valence electrons. The predicted molar refractivity (Wildman–Crippen MR) is 99.1 cm³/mol. The maximum Gasteiger partial charge on any atom is 0.395 e. The van der Waals surface area contributed by atoms with E-state index in [4.69, 9.17) is 11.6 Å². The van der Waals surface area contributed by atoms with E-state index in [0.717, 1.165) is 35.4 Å². The average molecular weight is 418 g/mol. The first-order valence-corrected chi connectivity index (χ1v) is 10.1. The zero-order chi connectivity index (χ0) is 19.4. The molecule has 0 atom stereocenters. The Balaban J connectivity index is 1.62. The van der Waals surface area contributed by atoms with Crippen molar-refractivity contribution in [3.63, 3.8) is 0 Å². The van der Waals surface area contributed by atoms with Crippen LogP contribution in [0.5, 0.6) is 0 Å². The van der Waals surface area contributed by atoms with Gasteiger partial charge in [0, 0.05) is 19.0 Å². The van der Waals surface area contributed by atoms with Crippen LogP contribution >= 0.6 is 22.9 Å². The molecule has 4 nitrogen and oxygen atoms in total. The smallest absolute Gasteiger partial charge is 0.311 e. The number of hydrogen-bond acceptors (Lipinski definition) is 3. The summed E-state index contributed by atoms with van der Waals surface area (Å²) in [6.07, 6.45) is -1.79. The van der Waals surface area contributed by atoms with Crippen LogP contribution in [-0.2, 0) is 11.8 Å². The minimum absolute atomic E-state index is 0.0176. The Bertz CT molecular complexity index is 881. The van der Waals surface area contributed by atoms with Crippen molar-refractivity contribution < 1.29 is 18.0 Å². The quantitative estimate of drug-likeness (QED) is 0.674. The number of nitrogens with one attached hydrogen (secondary N) is 1. The predicted octanol–water partition coefficient (Wildman–Crippen LogP) is 5.74. The lowest BCUT2D eigenvalue weighted by Crippen LogP contribution is -2.30. The highest BCUT2D eigenvalue weighted by molar-refractivity contribution is 7.19. The van der Waals surface area contributed by atoms with E-state index in [1.165, 1.54) is 11.3 Å². The molecule has 2 fully saturated rings. The Hall–Kier alpha value is -1.54. The maximum atomic E-state index is 13.2. The van der Waals surface area contributed by atoms with E-state index in [-0.39, 0.29) is 18.8 Å². The Morgan fingerprint density at radius 1 is 1.41 bits per heavy atom. The normalized spacial score (nSPS) is 19.0. The van der Waals surface area contributed by atoms with Crippen molar-refractivity contribution in [1.29, 1.82) is 0 Å². The maximum absolute atomic E-state index is 13.2. The summed E-state index contributed by atoms with van der Waals surface area (Å²) in [4.78, 5) is 13.3. The van der Waals surface area contributed by atoms with E-state index in [2.05, 4.69) is 10.4 Å². The molecule has 1 N–H and O–H groups in total. The Morgan fingerprint density at radius 2 is 2.11 bits per heavy atom. The van der Waals surface area contributed by atoms with Gasteiger partial charge in [0.2, 0.25) is 5.91 Å².